The Morgan fingerprint density at radius 1 is 0.478 bits per heavy atom. The third-order valence-corrected chi connectivity index (χ3v) is 9.64. The fourth-order valence-corrected chi connectivity index (χ4v) is 5.26. The van der Waals surface area contributed by atoms with Gasteiger partial charge in [-0.2, -0.15) is 0 Å². The van der Waals surface area contributed by atoms with E-state index in [0.29, 0.717) is 25.4 Å². The van der Waals surface area contributed by atoms with Crippen molar-refractivity contribution in [3.8, 4) is 0 Å². The summed E-state index contributed by atoms with van der Waals surface area (Å²) < 4.78 is 0. The molecule has 0 aromatic heterocycles. The van der Waals surface area contributed by atoms with E-state index >= 15 is 0 Å². The van der Waals surface area contributed by atoms with Gasteiger partial charge in [-0.3, -0.25) is 14.8 Å². The molecule has 0 fully saturated rings. The number of rotatable bonds is 25. The Kier molecular flexibility index (Phi) is 70.9. The van der Waals surface area contributed by atoms with Crippen molar-refractivity contribution >= 4 is 23.5 Å². The number of amides is 1. The van der Waals surface area contributed by atoms with Gasteiger partial charge in [0.25, 0.3) is 0 Å². The van der Waals surface area contributed by atoms with Crippen molar-refractivity contribution in [2.45, 2.75) is 261 Å². The normalized spacial score (nSPS) is 10.6. The minimum atomic E-state index is -0.434. The lowest BCUT2D eigenvalue weighted by molar-refractivity contribution is -0.122. The van der Waals surface area contributed by atoms with E-state index in [1.54, 1.807) is 0 Å². The van der Waals surface area contributed by atoms with E-state index in [1.807, 2.05) is 12.1 Å². The third-order valence-electron chi connectivity index (χ3n) is 9.64. The topological polar surface area (TPSA) is 210 Å². The molecule has 0 aliphatic carbocycles. The van der Waals surface area contributed by atoms with Crippen LogP contribution >= 0.6 is 0 Å². The molecule has 1 aromatic rings. The van der Waals surface area contributed by atoms with E-state index < -0.39 is 6.04 Å². The SMILES string of the molecule is CC(C)C.CC(C)CCCN=C(N)N.CC(C)CCNC(=O)C(N)CCCCN=C(N)N.CC(C)Cc1ccc(N)cc1.CCC(C)C.CCCC(C)C.CCCCC(C)C.CCCCCC(C)C. The molecular formula is C59H129N9O. The Morgan fingerprint density at radius 3 is 1.17 bits per heavy atom. The molecule has 69 heavy (non-hydrogen) atoms. The predicted molar refractivity (Wildman–Crippen MR) is 318 cm³/mol. The maximum Gasteiger partial charge on any atom is 0.236 e. The molecule has 1 atom stereocenters. The molecule has 13 N–H and O–H groups in total. The Bertz CT molecular complexity index is 1170. The van der Waals surface area contributed by atoms with Crippen LogP contribution in [0.1, 0.15) is 254 Å². The molecule has 0 bridgehead atoms. The zero-order chi connectivity index (χ0) is 55.2. The summed E-state index contributed by atoms with van der Waals surface area (Å²) in [6.45, 7) is 48.6. The predicted octanol–water partition coefficient (Wildman–Crippen LogP) is 15.3. The highest BCUT2D eigenvalue weighted by Gasteiger charge is 2.12. The Labute approximate surface area is 433 Å². The van der Waals surface area contributed by atoms with E-state index in [4.69, 9.17) is 34.4 Å². The first-order chi connectivity index (χ1) is 32.1. The molecular weight excluding hydrogens is 851 g/mol. The molecule has 0 saturated carbocycles. The first kappa shape index (κ1) is 80.1. The second-order valence-electron chi connectivity index (χ2n) is 22.2. The van der Waals surface area contributed by atoms with E-state index in [9.17, 15) is 4.79 Å². The molecule has 0 heterocycles. The van der Waals surface area contributed by atoms with Crippen LogP contribution in [0.3, 0.4) is 0 Å². The smallest absolute Gasteiger partial charge is 0.236 e. The van der Waals surface area contributed by atoms with Crippen molar-refractivity contribution in [1.29, 1.82) is 0 Å². The van der Waals surface area contributed by atoms with Gasteiger partial charge in [-0.05, 0) is 110 Å². The van der Waals surface area contributed by atoms with E-state index in [2.05, 4.69) is 173 Å². The van der Waals surface area contributed by atoms with Gasteiger partial charge in [0.15, 0.2) is 11.9 Å². The number of nitrogen functional groups attached to an aromatic ring is 1. The molecule has 10 heteroatoms. The largest absolute Gasteiger partial charge is 0.399 e. The van der Waals surface area contributed by atoms with Gasteiger partial charge < -0.3 is 39.7 Å². The Balaban J connectivity index is -0.000000133. The molecule has 0 saturated heterocycles. The highest BCUT2D eigenvalue weighted by atomic mass is 16.2. The average molecular weight is 981 g/mol. The summed E-state index contributed by atoms with van der Waals surface area (Å²) in [5.41, 5.74) is 34.2. The van der Waals surface area contributed by atoms with Crippen molar-refractivity contribution in [1.82, 2.24) is 5.32 Å². The molecule has 10 nitrogen and oxygen atoms in total. The van der Waals surface area contributed by atoms with Crippen LogP contribution in [-0.2, 0) is 11.2 Å². The highest BCUT2D eigenvalue weighted by molar-refractivity contribution is 5.81. The second kappa shape index (κ2) is 61.1. The summed E-state index contributed by atoms with van der Waals surface area (Å²) in [6.07, 6.45) is 20.5. The number of carbonyl (C=O) groups excluding carboxylic acids is 1. The molecule has 416 valence electrons. The standard InChI is InChI=1S/C12H27N5O.C10H15N.C8H18.C7H17N3.C7H16.C6H14.C5H12.C4H10/c1-9(2)6-8-16-11(18)10(13)5-3-4-7-17-12(14)15;1-8(2)7-9-3-5-10(11)6-4-9;1-4-5-6-7-8(2)3;1-6(2)4-3-5-10-7(8)9;1-4-5-6-7(2)3;1-4-5-6(2)3;1-4-5(2)3;1-4(2)3/h9-10H,3-8,13H2,1-2H3,(H,16,18)(H4,14,15,17);3-6,8H,7,11H2,1-2H3;8H,4-7H2,1-3H3;6H,3-5H2,1-2H3,(H4,8,9,10);7H,4-6H2,1-3H3;6H,4-5H2,1-3H3;5H,4H2,1-3H3;4H,1-3H3. The molecule has 0 aliphatic rings. The van der Waals surface area contributed by atoms with Crippen molar-refractivity contribution in [2.24, 2.45) is 86.0 Å². The fourth-order valence-electron chi connectivity index (χ4n) is 5.26. The molecule has 1 unspecified atom stereocenters. The maximum absolute atomic E-state index is 11.6. The summed E-state index contributed by atoms with van der Waals surface area (Å²) in [5, 5.41) is 2.84. The van der Waals surface area contributed by atoms with Gasteiger partial charge in [-0.25, -0.2) is 0 Å². The van der Waals surface area contributed by atoms with Gasteiger partial charge in [0.2, 0.25) is 5.91 Å². The van der Waals surface area contributed by atoms with Crippen molar-refractivity contribution in [3.63, 3.8) is 0 Å². The van der Waals surface area contributed by atoms with Gasteiger partial charge >= 0.3 is 0 Å². The summed E-state index contributed by atoms with van der Waals surface area (Å²) in [6, 6.07) is 7.66. The highest BCUT2D eigenvalue weighted by Crippen LogP contribution is 2.11. The van der Waals surface area contributed by atoms with Gasteiger partial charge in [0, 0.05) is 25.3 Å². The van der Waals surface area contributed by atoms with Gasteiger partial charge in [-0.15, -0.1) is 0 Å². The molecule has 0 radical (unpaired) electrons. The van der Waals surface area contributed by atoms with E-state index in [1.165, 1.54) is 76.2 Å². The number of nitrogens with one attached hydrogen (secondary N) is 1. The van der Waals surface area contributed by atoms with E-state index in [-0.39, 0.29) is 17.8 Å². The number of hydrogen-bond acceptors (Lipinski definition) is 5. The van der Waals surface area contributed by atoms with Crippen molar-refractivity contribution in [2.75, 3.05) is 25.4 Å². The summed E-state index contributed by atoms with van der Waals surface area (Å²) in [5.74, 6) is 6.70. The van der Waals surface area contributed by atoms with Crippen LogP contribution in [0, 0.1) is 47.3 Å². The lowest BCUT2D eigenvalue weighted by Crippen LogP contribution is -2.41. The van der Waals surface area contributed by atoms with Crippen LogP contribution < -0.4 is 39.7 Å². The summed E-state index contributed by atoms with van der Waals surface area (Å²) in [7, 11) is 0. The average Bonchev–Trinajstić information content (AvgIpc) is 3.23. The molecule has 1 amide bonds. The first-order valence-electron chi connectivity index (χ1n) is 28.0. The number of carbonyl (C=O) groups is 1. The number of guanidine groups is 2. The van der Waals surface area contributed by atoms with Crippen LogP contribution in [0.5, 0.6) is 0 Å². The van der Waals surface area contributed by atoms with Gasteiger partial charge in [0.1, 0.15) is 0 Å². The number of benzene rings is 1. The Hall–Kier alpha value is -3.01. The second-order valence-corrected chi connectivity index (χ2v) is 22.2. The zero-order valence-corrected chi connectivity index (χ0v) is 50.4. The lowest BCUT2D eigenvalue weighted by atomic mass is 10.0. The quantitative estimate of drug-likeness (QED) is 0.0218. The lowest BCUT2D eigenvalue weighted by Gasteiger charge is -2.12. The number of anilines is 1. The molecule has 0 spiro atoms. The number of hydrogen-bond donors (Lipinski definition) is 7. The summed E-state index contributed by atoms with van der Waals surface area (Å²) in [4.78, 5) is 19.3. The monoisotopic (exact) mass is 980 g/mol. The van der Waals surface area contributed by atoms with Crippen LogP contribution in [0.4, 0.5) is 5.69 Å². The third kappa shape index (κ3) is 103. The van der Waals surface area contributed by atoms with Crippen LogP contribution in [-0.4, -0.2) is 43.5 Å². The van der Waals surface area contributed by atoms with Crippen LogP contribution in [0.2, 0.25) is 0 Å². The number of nitrogens with zero attached hydrogens (tertiary/aromatic N) is 2. The number of aliphatic imine (C=N–C) groups is 2. The summed E-state index contributed by atoms with van der Waals surface area (Å²) >= 11 is 0. The van der Waals surface area contributed by atoms with Crippen LogP contribution in [0.25, 0.3) is 0 Å². The van der Waals surface area contributed by atoms with Crippen molar-refractivity contribution in [3.05, 3.63) is 29.8 Å². The minimum absolute atomic E-state index is 0.0718. The molecule has 1 aromatic carbocycles. The van der Waals surface area contributed by atoms with Gasteiger partial charge in [0.05, 0.1) is 6.04 Å². The number of nitrogens with two attached hydrogens (primary N) is 6. The van der Waals surface area contributed by atoms with E-state index in [0.717, 1.165) is 85.8 Å². The zero-order valence-electron chi connectivity index (χ0n) is 50.4. The Morgan fingerprint density at radius 2 is 0.855 bits per heavy atom. The first-order valence-corrected chi connectivity index (χ1v) is 28.0. The van der Waals surface area contributed by atoms with Crippen LogP contribution in [0.15, 0.2) is 34.3 Å². The molecule has 1 rings (SSSR count). The minimum Gasteiger partial charge on any atom is -0.399 e. The maximum atomic E-state index is 11.6. The number of unbranched alkanes of at least 4 members (excludes halogenated alkanes) is 4. The fraction of sp³-hybridized carbons (Fsp3) is 0.847. The molecule has 0 aliphatic heterocycles. The van der Waals surface area contributed by atoms with Gasteiger partial charge in [-0.1, -0.05) is 222 Å². The van der Waals surface area contributed by atoms with Crippen molar-refractivity contribution < 1.29 is 4.79 Å².